The van der Waals surface area contributed by atoms with Crippen LogP contribution in [0.1, 0.15) is 38.8 Å². The van der Waals surface area contributed by atoms with Crippen LogP contribution >= 0.6 is 0 Å². The third kappa shape index (κ3) is 4.86. The third-order valence-corrected chi connectivity index (χ3v) is 3.75. The van der Waals surface area contributed by atoms with Gasteiger partial charge in [-0.05, 0) is 31.4 Å². The smallest absolute Gasteiger partial charge is 0.236 e. The molecule has 5 heteroatoms. The molecule has 0 bridgehead atoms. The Morgan fingerprint density at radius 2 is 1.74 bits per heavy atom. The van der Waals surface area contributed by atoms with E-state index >= 15 is 0 Å². The Kier molecular flexibility index (Phi) is 6.23. The highest BCUT2D eigenvalue weighted by Crippen LogP contribution is 2.20. The van der Waals surface area contributed by atoms with Gasteiger partial charge in [-0.1, -0.05) is 31.2 Å². The number of hydrogen-bond acceptors (Lipinski definition) is 4. The zero-order chi connectivity index (χ0) is 16.7. The molecular weight excluding hydrogens is 288 g/mol. The van der Waals surface area contributed by atoms with Gasteiger partial charge in [0.1, 0.15) is 6.33 Å². The molecule has 0 aliphatic rings. The van der Waals surface area contributed by atoms with E-state index in [0.717, 1.165) is 23.1 Å². The first-order valence-electron chi connectivity index (χ1n) is 8.01. The Morgan fingerprint density at radius 1 is 1.09 bits per heavy atom. The van der Waals surface area contributed by atoms with E-state index < -0.39 is 0 Å². The van der Waals surface area contributed by atoms with Gasteiger partial charge in [0.25, 0.3) is 0 Å². The molecule has 122 valence electrons. The number of carbonyl (C=O) groups excluding carboxylic acids is 1. The summed E-state index contributed by atoms with van der Waals surface area (Å²) in [4.78, 5) is 20.0. The van der Waals surface area contributed by atoms with Gasteiger partial charge in [-0.25, -0.2) is 9.97 Å². The highest BCUT2D eigenvalue weighted by atomic mass is 16.2. The molecule has 1 aromatic carbocycles. The lowest BCUT2D eigenvalue weighted by Crippen LogP contribution is -2.43. The van der Waals surface area contributed by atoms with E-state index in [2.05, 4.69) is 39.7 Å². The van der Waals surface area contributed by atoms with Gasteiger partial charge >= 0.3 is 0 Å². The van der Waals surface area contributed by atoms with Gasteiger partial charge in [0.15, 0.2) is 0 Å². The van der Waals surface area contributed by atoms with Gasteiger partial charge in [0.05, 0.1) is 6.04 Å². The molecule has 2 N–H and O–H groups in total. The van der Waals surface area contributed by atoms with Crippen LogP contribution in [0.15, 0.2) is 43.0 Å². The molecule has 1 aromatic heterocycles. The van der Waals surface area contributed by atoms with Crippen LogP contribution in [0.2, 0.25) is 0 Å². The molecule has 0 aliphatic carbocycles. The van der Waals surface area contributed by atoms with Crippen molar-refractivity contribution in [3.05, 3.63) is 48.5 Å². The summed E-state index contributed by atoms with van der Waals surface area (Å²) in [5.74, 6) is 0.0387. The molecule has 0 radical (unpaired) electrons. The minimum atomic E-state index is -0.223. The van der Waals surface area contributed by atoms with Crippen molar-refractivity contribution >= 4 is 5.91 Å². The largest absolute Gasteiger partial charge is 0.355 e. The molecule has 1 amide bonds. The molecular formula is C18H24N4O. The lowest BCUT2D eigenvalue weighted by atomic mass is 10.0. The van der Waals surface area contributed by atoms with Crippen molar-refractivity contribution in [1.82, 2.24) is 20.6 Å². The Balaban J connectivity index is 1.97. The van der Waals surface area contributed by atoms with E-state index in [0.29, 0.717) is 6.54 Å². The second-order valence-electron chi connectivity index (χ2n) is 5.65. The maximum Gasteiger partial charge on any atom is 0.236 e. The van der Waals surface area contributed by atoms with Crippen molar-refractivity contribution in [2.75, 3.05) is 6.54 Å². The van der Waals surface area contributed by atoms with Crippen molar-refractivity contribution in [3.63, 3.8) is 0 Å². The van der Waals surface area contributed by atoms with Crippen molar-refractivity contribution in [2.45, 2.75) is 39.3 Å². The Labute approximate surface area is 137 Å². The van der Waals surface area contributed by atoms with Crippen LogP contribution in [0.4, 0.5) is 0 Å². The maximum atomic E-state index is 11.9. The number of rotatable bonds is 7. The minimum Gasteiger partial charge on any atom is -0.355 e. The van der Waals surface area contributed by atoms with E-state index in [9.17, 15) is 4.79 Å². The predicted octanol–water partition coefficient (Wildman–Crippen LogP) is 2.71. The first-order chi connectivity index (χ1) is 11.1. The van der Waals surface area contributed by atoms with Crippen molar-refractivity contribution < 1.29 is 4.79 Å². The molecule has 2 aromatic rings. The molecule has 0 saturated heterocycles. The minimum absolute atomic E-state index is 0.0387. The van der Waals surface area contributed by atoms with E-state index in [1.165, 1.54) is 6.33 Å². The van der Waals surface area contributed by atoms with Gasteiger partial charge in [0.2, 0.25) is 5.91 Å². The number of amides is 1. The van der Waals surface area contributed by atoms with Gasteiger partial charge in [-0.3, -0.25) is 10.1 Å². The fourth-order valence-electron chi connectivity index (χ4n) is 2.36. The number of carbonyl (C=O) groups is 1. The Morgan fingerprint density at radius 3 is 2.35 bits per heavy atom. The monoisotopic (exact) mass is 312 g/mol. The summed E-state index contributed by atoms with van der Waals surface area (Å²) in [5.41, 5.74) is 3.21. The van der Waals surface area contributed by atoms with Crippen molar-refractivity contribution in [1.29, 1.82) is 0 Å². The van der Waals surface area contributed by atoms with E-state index in [1.54, 1.807) is 12.4 Å². The number of benzene rings is 1. The van der Waals surface area contributed by atoms with Gasteiger partial charge in [-0.2, -0.15) is 0 Å². The van der Waals surface area contributed by atoms with Crippen molar-refractivity contribution in [3.8, 4) is 11.1 Å². The Bertz CT molecular complexity index is 613. The summed E-state index contributed by atoms with van der Waals surface area (Å²) < 4.78 is 0. The highest BCUT2D eigenvalue weighted by molar-refractivity contribution is 5.81. The number of hydrogen-bond donors (Lipinski definition) is 2. The quantitative estimate of drug-likeness (QED) is 0.825. The van der Waals surface area contributed by atoms with Crippen LogP contribution in [0, 0.1) is 0 Å². The van der Waals surface area contributed by atoms with Crippen LogP contribution < -0.4 is 10.6 Å². The zero-order valence-corrected chi connectivity index (χ0v) is 13.9. The molecule has 0 fully saturated rings. The van der Waals surface area contributed by atoms with Crippen LogP contribution in [-0.4, -0.2) is 28.5 Å². The second-order valence-corrected chi connectivity index (χ2v) is 5.65. The maximum absolute atomic E-state index is 11.9. The van der Waals surface area contributed by atoms with Crippen molar-refractivity contribution in [2.24, 2.45) is 0 Å². The molecule has 2 rings (SSSR count). The molecule has 0 spiro atoms. The average Bonchev–Trinajstić information content (AvgIpc) is 2.60. The molecule has 0 aliphatic heterocycles. The van der Waals surface area contributed by atoms with E-state index in [-0.39, 0.29) is 18.0 Å². The van der Waals surface area contributed by atoms with Crippen LogP contribution in [0.5, 0.6) is 0 Å². The Hall–Kier alpha value is -2.27. The summed E-state index contributed by atoms with van der Waals surface area (Å²) in [5, 5.41) is 6.23. The van der Waals surface area contributed by atoms with Gasteiger partial charge < -0.3 is 5.32 Å². The van der Waals surface area contributed by atoms with Crippen LogP contribution in [-0.2, 0) is 4.79 Å². The zero-order valence-electron chi connectivity index (χ0n) is 13.9. The SMILES string of the molecule is CCCNC(=O)[C@H](C)N[C@H](C)c1ccc(-c2cncnc2)cc1. The molecule has 5 nitrogen and oxygen atoms in total. The highest BCUT2D eigenvalue weighted by Gasteiger charge is 2.15. The second kappa shape index (κ2) is 8.39. The van der Waals surface area contributed by atoms with Gasteiger partial charge in [0, 0.05) is 30.5 Å². The van der Waals surface area contributed by atoms with E-state index in [1.807, 2.05) is 26.0 Å². The normalized spacial score (nSPS) is 13.3. The number of nitrogens with zero attached hydrogens (tertiary/aromatic N) is 2. The molecule has 1 heterocycles. The molecule has 0 saturated carbocycles. The fraction of sp³-hybridized carbons (Fsp3) is 0.389. The topological polar surface area (TPSA) is 66.9 Å². The molecule has 0 unspecified atom stereocenters. The lowest BCUT2D eigenvalue weighted by Gasteiger charge is -2.20. The number of aromatic nitrogens is 2. The summed E-state index contributed by atoms with van der Waals surface area (Å²) in [6.07, 6.45) is 6.06. The lowest BCUT2D eigenvalue weighted by molar-refractivity contribution is -0.122. The summed E-state index contributed by atoms with van der Waals surface area (Å²) in [6, 6.07) is 8.10. The summed E-state index contributed by atoms with van der Waals surface area (Å²) in [6.45, 7) is 6.70. The first kappa shape index (κ1) is 17.1. The van der Waals surface area contributed by atoms with Crippen LogP contribution in [0.3, 0.4) is 0 Å². The standard InChI is InChI=1S/C18H24N4O/c1-4-9-21-18(23)14(3)22-13(2)15-5-7-16(8-6-15)17-10-19-12-20-11-17/h5-8,10-14,22H,4,9H2,1-3H3,(H,21,23)/t13-,14+/m1/s1. The van der Waals surface area contributed by atoms with Gasteiger partial charge in [-0.15, -0.1) is 0 Å². The average molecular weight is 312 g/mol. The summed E-state index contributed by atoms with van der Waals surface area (Å²) in [7, 11) is 0. The van der Waals surface area contributed by atoms with Crippen LogP contribution in [0.25, 0.3) is 11.1 Å². The number of nitrogens with one attached hydrogen (secondary N) is 2. The first-order valence-corrected chi connectivity index (χ1v) is 8.01. The van der Waals surface area contributed by atoms with E-state index in [4.69, 9.17) is 0 Å². The predicted molar refractivity (Wildman–Crippen MR) is 91.8 cm³/mol. The molecule has 2 atom stereocenters. The molecule has 23 heavy (non-hydrogen) atoms. The summed E-state index contributed by atoms with van der Waals surface area (Å²) >= 11 is 0. The third-order valence-electron chi connectivity index (χ3n) is 3.75. The fourth-order valence-corrected chi connectivity index (χ4v) is 2.36.